The lowest BCUT2D eigenvalue weighted by molar-refractivity contribution is -0.137. The number of hydrogen-bond acceptors (Lipinski definition) is 2. The third-order valence-corrected chi connectivity index (χ3v) is 7.60. The van der Waals surface area contributed by atoms with E-state index in [1.807, 2.05) is 43.0 Å². The largest absolute Gasteiger partial charge is 0.416 e. The monoisotopic (exact) mass is 493 g/mol. The summed E-state index contributed by atoms with van der Waals surface area (Å²) >= 11 is 0. The van der Waals surface area contributed by atoms with Gasteiger partial charge < -0.3 is 15.1 Å². The summed E-state index contributed by atoms with van der Waals surface area (Å²) in [6.07, 6.45) is -2.65. The van der Waals surface area contributed by atoms with E-state index in [1.54, 1.807) is 12.1 Å². The molecule has 2 amide bonds. The van der Waals surface area contributed by atoms with Gasteiger partial charge in [-0.1, -0.05) is 48.0 Å². The van der Waals surface area contributed by atoms with Crippen LogP contribution >= 0.6 is 0 Å². The van der Waals surface area contributed by atoms with Crippen molar-refractivity contribution < 1.29 is 18.0 Å². The molecule has 0 aromatic heterocycles. The van der Waals surface area contributed by atoms with Crippen molar-refractivity contribution in [2.75, 3.05) is 29.9 Å². The first kappa shape index (κ1) is 24.2. The fourth-order valence-electron chi connectivity index (χ4n) is 5.61. The van der Waals surface area contributed by atoms with Gasteiger partial charge in [0.05, 0.1) is 5.56 Å². The van der Waals surface area contributed by atoms with Crippen molar-refractivity contribution >= 4 is 17.4 Å². The van der Waals surface area contributed by atoms with Crippen LogP contribution in [0.15, 0.2) is 66.7 Å². The Morgan fingerprint density at radius 3 is 2.33 bits per heavy atom. The zero-order valence-electron chi connectivity index (χ0n) is 20.5. The summed E-state index contributed by atoms with van der Waals surface area (Å²) in [5.74, 6) is 0. The maximum absolute atomic E-state index is 13.0. The Morgan fingerprint density at radius 2 is 1.67 bits per heavy atom. The molecule has 7 heteroatoms. The minimum Gasteiger partial charge on any atom is -0.366 e. The topological polar surface area (TPSA) is 35.6 Å². The maximum atomic E-state index is 13.0. The van der Waals surface area contributed by atoms with E-state index in [0.29, 0.717) is 19.6 Å². The van der Waals surface area contributed by atoms with Gasteiger partial charge in [-0.25, -0.2) is 4.79 Å². The number of amides is 2. The second kappa shape index (κ2) is 9.19. The van der Waals surface area contributed by atoms with Gasteiger partial charge >= 0.3 is 12.2 Å². The normalized spacial score (nSPS) is 16.8. The first-order chi connectivity index (χ1) is 17.1. The Balaban J connectivity index is 1.28. The number of aryl methyl sites for hydroxylation is 2. The Bertz CT molecular complexity index is 1260. The van der Waals surface area contributed by atoms with Crippen LogP contribution in [0.5, 0.6) is 0 Å². The van der Waals surface area contributed by atoms with Crippen molar-refractivity contribution in [1.29, 1.82) is 0 Å². The molecule has 0 aliphatic carbocycles. The van der Waals surface area contributed by atoms with Crippen molar-refractivity contribution in [3.63, 3.8) is 0 Å². The third-order valence-electron chi connectivity index (χ3n) is 7.60. The highest BCUT2D eigenvalue weighted by molar-refractivity contribution is 5.90. The highest BCUT2D eigenvalue weighted by atomic mass is 19.4. The fourth-order valence-corrected chi connectivity index (χ4v) is 5.61. The number of anilines is 2. The molecular formula is C29H30F3N3O. The minimum absolute atomic E-state index is 0.0704. The molecule has 188 valence electrons. The molecule has 0 bridgehead atoms. The van der Waals surface area contributed by atoms with E-state index in [9.17, 15) is 18.0 Å². The number of nitrogens with zero attached hydrogens (tertiary/aromatic N) is 2. The SMILES string of the molecule is Cc1ccc(NC(=O)N2CCC3(CC2)CN(Cc2ccc(C(F)(F)F)cc2)c2ccccc23)c(C)c1. The number of rotatable bonds is 3. The zero-order valence-corrected chi connectivity index (χ0v) is 20.5. The van der Waals surface area contributed by atoms with Crippen LogP contribution in [-0.4, -0.2) is 30.6 Å². The highest BCUT2D eigenvalue weighted by Gasteiger charge is 2.45. The molecule has 0 atom stereocenters. The molecule has 2 aliphatic heterocycles. The van der Waals surface area contributed by atoms with Gasteiger partial charge in [0.2, 0.25) is 0 Å². The molecule has 0 saturated carbocycles. The molecule has 2 aliphatic rings. The first-order valence-corrected chi connectivity index (χ1v) is 12.3. The molecule has 5 rings (SSSR count). The number of para-hydroxylation sites is 1. The van der Waals surface area contributed by atoms with Crippen LogP contribution in [0.25, 0.3) is 0 Å². The lowest BCUT2D eigenvalue weighted by atomic mass is 9.74. The van der Waals surface area contributed by atoms with Crippen LogP contribution < -0.4 is 10.2 Å². The summed E-state index contributed by atoms with van der Waals surface area (Å²) in [5.41, 5.74) is 5.58. The summed E-state index contributed by atoms with van der Waals surface area (Å²) in [5, 5.41) is 3.06. The fraction of sp³-hybridized carbons (Fsp3) is 0.345. The molecule has 2 heterocycles. The standard InChI is InChI=1S/C29H30F3N3O/c1-20-7-12-25(21(2)17-20)33-27(36)34-15-13-28(14-16-34)19-35(26-6-4-3-5-24(26)28)18-22-8-10-23(11-9-22)29(30,31)32/h3-12,17H,13-16,18-19H2,1-2H3,(H,33,36). The number of carbonyl (C=O) groups is 1. The molecule has 0 unspecified atom stereocenters. The second-order valence-electron chi connectivity index (χ2n) is 10.1. The predicted molar refractivity (Wildman–Crippen MR) is 136 cm³/mol. The summed E-state index contributed by atoms with van der Waals surface area (Å²) in [4.78, 5) is 17.1. The maximum Gasteiger partial charge on any atom is 0.416 e. The van der Waals surface area contributed by atoms with Gasteiger partial charge in [0.1, 0.15) is 0 Å². The third kappa shape index (κ3) is 4.66. The van der Waals surface area contributed by atoms with Crippen LogP contribution in [0.1, 0.15) is 40.7 Å². The molecule has 1 spiro atoms. The average molecular weight is 494 g/mol. The molecule has 36 heavy (non-hydrogen) atoms. The molecule has 1 fully saturated rings. The van der Waals surface area contributed by atoms with Crippen LogP contribution in [0.2, 0.25) is 0 Å². The number of benzene rings is 3. The lowest BCUT2D eigenvalue weighted by Gasteiger charge is -2.40. The van der Waals surface area contributed by atoms with Gasteiger partial charge in [-0.05, 0) is 67.6 Å². The molecule has 0 radical (unpaired) electrons. The Labute approximate surface area is 209 Å². The van der Waals surface area contributed by atoms with Crippen molar-refractivity contribution in [1.82, 2.24) is 4.90 Å². The van der Waals surface area contributed by atoms with E-state index in [4.69, 9.17) is 0 Å². The van der Waals surface area contributed by atoms with Crippen molar-refractivity contribution in [2.45, 2.75) is 44.8 Å². The van der Waals surface area contributed by atoms with E-state index >= 15 is 0 Å². The summed E-state index contributed by atoms with van der Waals surface area (Å²) in [6, 6.07) is 19.7. The number of urea groups is 1. The van der Waals surface area contributed by atoms with Gasteiger partial charge in [0.15, 0.2) is 0 Å². The van der Waals surface area contributed by atoms with Crippen LogP contribution in [0.3, 0.4) is 0 Å². The summed E-state index contributed by atoms with van der Waals surface area (Å²) in [6.45, 7) is 6.67. The summed E-state index contributed by atoms with van der Waals surface area (Å²) in [7, 11) is 0. The number of fused-ring (bicyclic) bond motifs is 2. The number of nitrogens with one attached hydrogen (secondary N) is 1. The van der Waals surface area contributed by atoms with Crippen LogP contribution in [-0.2, 0) is 18.1 Å². The molecule has 3 aromatic rings. The smallest absolute Gasteiger partial charge is 0.366 e. The molecule has 3 aromatic carbocycles. The van der Waals surface area contributed by atoms with Crippen molar-refractivity contribution in [2.24, 2.45) is 0 Å². The van der Waals surface area contributed by atoms with Gasteiger partial charge in [-0.3, -0.25) is 0 Å². The Hall–Kier alpha value is -3.48. The molecular weight excluding hydrogens is 463 g/mol. The van der Waals surface area contributed by atoms with Gasteiger partial charge in [-0.15, -0.1) is 0 Å². The quantitative estimate of drug-likeness (QED) is 0.430. The number of likely N-dealkylation sites (tertiary alicyclic amines) is 1. The van der Waals surface area contributed by atoms with Gasteiger partial charge in [-0.2, -0.15) is 13.2 Å². The Morgan fingerprint density at radius 1 is 0.972 bits per heavy atom. The number of hydrogen-bond donors (Lipinski definition) is 1. The van der Waals surface area contributed by atoms with Crippen LogP contribution in [0.4, 0.5) is 29.3 Å². The Kier molecular flexibility index (Phi) is 6.18. The van der Waals surface area contributed by atoms with E-state index in [1.165, 1.54) is 5.56 Å². The van der Waals surface area contributed by atoms with E-state index in [0.717, 1.165) is 59.6 Å². The van der Waals surface area contributed by atoms with E-state index in [2.05, 4.69) is 28.4 Å². The van der Waals surface area contributed by atoms with Gasteiger partial charge in [0.25, 0.3) is 0 Å². The first-order valence-electron chi connectivity index (χ1n) is 12.3. The highest BCUT2D eigenvalue weighted by Crippen LogP contribution is 2.47. The minimum atomic E-state index is -4.33. The van der Waals surface area contributed by atoms with E-state index < -0.39 is 11.7 Å². The molecule has 1 N–H and O–H groups in total. The van der Waals surface area contributed by atoms with Gasteiger partial charge in [0, 0.05) is 43.0 Å². The molecule has 1 saturated heterocycles. The lowest BCUT2D eigenvalue weighted by Crippen LogP contribution is -2.48. The van der Waals surface area contributed by atoms with E-state index in [-0.39, 0.29) is 11.4 Å². The number of carbonyl (C=O) groups excluding carboxylic acids is 1. The second-order valence-corrected chi connectivity index (χ2v) is 10.1. The zero-order chi connectivity index (χ0) is 25.5. The van der Waals surface area contributed by atoms with Crippen LogP contribution in [0, 0.1) is 13.8 Å². The number of alkyl halides is 3. The number of halogens is 3. The average Bonchev–Trinajstić information content (AvgIpc) is 3.14. The predicted octanol–water partition coefficient (Wildman–Crippen LogP) is 6.91. The number of piperidine rings is 1. The summed E-state index contributed by atoms with van der Waals surface area (Å²) < 4.78 is 38.9. The van der Waals surface area contributed by atoms with Crippen molar-refractivity contribution in [3.8, 4) is 0 Å². The van der Waals surface area contributed by atoms with Crippen molar-refractivity contribution in [3.05, 3.63) is 94.5 Å². The molecule has 4 nitrogen and oxygen atoms in total.